The predicted molar refractivity (Wildman–Crippen MR) is 83.0 cm³/mol. The first-order chi connectivity index (χ1) is 9.95. The first-order valence-corrected chi connectivity index (χ1v) is 8.51. The molecule has 0 fully saturated rings. The zero-order valence-corrected chi connectivity index (χ0v) is 12.5. The molecule has 0 radical (unpaired) electrons. The topological polar surface area (TPSA) is 82.2 Å². The zero-order chi connectivity index (χ0) is 15.0. The Labute approximate surface area is 125 Å². The molecular weight excluding hydrogens is 308 g/mol. The van der Waals surface area contributed by atoms with E-state index in [-0.39, 0.29) is 9.77 Å². The molecule has 0 atom stereocenters. The van der Waals surface area contributed by atoms with Gasteiger partial charge in [-0.25, -0.2) is 13.6 Å². The van der Waals surface area contributed by atoms with E-state index in [1.54, 1.807) is 10.6 Å². The van der Waals surface area contributed by atoms with Gasteiger partial charge in [-0.15, -0.1) is 0 Å². The summed E-state index contributed by atoms with van der Waals surface area (Å²) < 4.78 is 25.0. The van der Waals surface area contributed by atoms with Gasteiger partial charge in [0.2, 0.25) is 10.0 Å². The number of hydrogen-bond acceptors (Lipinski definition) is 4. The number of primary sulfonamides is 1. The fourth-order valence-electron chi connectivity index (χ4n) is 2.14. The highest BCUT2D eigenvalue weighted by Crippen LogP contribution is 2.21. The summed E-state index contributed by atoms with van der Waals surface area (Å²) in [4.78, 5) is 12.0. The van der Waals surface area contributed by atoms with E-state index in [4.69, 9.17) is 5.14 Å². The van der Waals surface area contributed by atoms with Crippen LogP contribution in [-0.2, 0) is 16.6 Å². The van der Waals surface area contributed by atoms with E-state index < -0.39 is 10.0 Å². The monoisotopic (exact) mass is 320 g/mol. The quantitative estimate of drug-likeness (QED) is 0.798. The van der Waals surface area contributed by atoms with Crippen LogP contribution in [0.25, 0.3) is 10.2 Å². The molecule has 5 nitrogen and oxygen atoms in total. The van der Waals surface area contributed by atoms with Gasteiger partial charge in [-0.05, 0) is 23.8 Å². The largest absolute Gasteiger partial charge is 0.308 e. The van der Waals surface area contributed by atoms with Crippen molar-refractivity contribution in [3.05, 3.63) is 63.8 Å². The molecule has 0 aliphatic carbocycles. The van der Waals surface area contributed by atoms with Crippen molar-refractivity contribution in [2.75, 3.05) is 0 Å². The summed E-state index contributed by atoms with van der Waals surface area (Å²) in [5.74, 6) is 0. The summed E-state index contributed by atoms with van der Waals surface area (Å²) in [5.41, 5.74) is 1.72. The molecule has 2 aromatic carbocycles. The molecule has 0 aliphatic heterocycles. The Hall–Kier alpha value is -1.96. The van der Waals surface area contributed by atoms with Crippen LogP contribution in [0.1, 0.15) is 5.56 Å². The fourth-order valence-corrected chi connectivity index (χ4v) is 3.68. The lowest BCUT2D eigenvalue weighted by atomic mass is 10.2. The van der Waals surface area contributed by atoms with Gasteiger partial charge >= 0.3 is 4.87 Å². The minimum absolute atomic E-state index is 0.0168. The van der Waals surface area contributed by atoms with Gasteiger partial charge in [-0.2, -0.15) is 0 Å². The van der Waals surface area contributed by atoms with E-state index in [1.807, 2.05) is 30.3 Å². The molecule has 1 heterocycles. The van der Waals surface area contributed by atoms with E-state index >= 15 is 0 Å². The van der Waals surface area contributed by atoms with E-state index in [1.165, 1.54) is 12.1 Å². The predicted octanol–water partition coefficient (Wildman–Crippen LogP) is 1.76. The van der Waals surface area contributed by atoms with Crippen molar-refractivity contribution in [1.82, 2.24) is 4.57 Å². The van der Waals surface area contributed by atoms with Gasteiger partial charge < -0.3 is 0 Å². The number of nitrogens with zero attached hydrogens (tertiary/aromatic N) is 1. The second-order valence-corrected chi connectivity index (χ2v) is 7.17. The average molecular weight is 320 g/mol. The van der Waals surface area contributed by atoms with Gasteiger partial charge in [-0.1, -0.05) is 41.7 Å². The molecule has 7 heteroatoms. The van der Waals surface area contributed by atoms with Crippen LogP contribution in [0, 0.1) is 0 Å². The number of thiazole rings is 1. The maximum absolute atomic E-state index is 12.1. The van der Waals surface area contributed by atoms with Crippen LogP contribution in [0.15, 0.2) is 58.2 Å². The van der Waals surface area contributed by atoms with E-state index in [9.17, 15) is 13.2 Å². The summed E-state index contributed by atoms with van der Waals surface area (Å²) in [7, 11) is -3.76. The third kappa shape index (κ3) is 2.76. The molecule has 2 N–H and O–H groups in total. The van der Waals surface area contributed by atoms with Gasteiger partial charge in [0.25, 0.3) is 0 Å². The van der Waals surface area contributed by atoms with Gasteiger partial charge in [0.05, 0.1) is 21.7 Å². The third-order valence-electron chi connectivity index (χ3n) is 3.15. The molecule has 3 rings (SSSR count). The maximum Gasteiger partial charge on any atom is 0.308 e. The summed E-state index contributed by atoms with van der Waals surface area (Å²) in [6.07, 6.45) is 0. The first kappa shape index (κ1) is 14.0. The Morgan fingerprint density at radius 1 is 1.10 bits per heavy atom. The molecule has 0 unspecified atom stereocenters. The lowest BCUT2D eigenvalue weighted by Crippen LogP contribution is -2.14. The van der Waals surface area contributed by atoms with Crippen molar-refractivity contribution < 1.29 is 8.42 Å². The SMILES string of the molecule is NS(=O)(=O)c1ccc2c(c1)sc(=O)n2Cc1ccccc1. The minimum Gasteiger partial charge on any atom is -0.294 e. The van der Waals surface area contributed by atoms with Gasteiger partial charge in [0.1, 0.15) is 0 Å². The Morgan fingerprint density at radius 2 is 1.81 bits per heavy atom. The first-order valence-electron chi connectivity index (χ1n) is 6.15. The molecule has 0 amide bonds. The molecule has 0 saturated heterocycles. The maximum atomic E-state index is 12.1. The Kier molecular flexibility index (Phi) is 3.40. The van der Waals surface area contributed by atoms with Crippen molar-refractivity contribution in [1.29, 1.82) is 0 Å². The second kappa shape index (κ2) is 5.10. The average Bonchev–Trinajstić information content (AvgIpc) is 2.75. The number of nitrogens with two attached hydrogens (primary N) is 1. The van der Waals surface area contributed by atoms with Crippen LogP contribution >= 0.6 is 11.3 Å². The lowest BCUT2D eigenvalue weighted by Gasteiger charge is -2.04. The summed E-state index contributed by atoms with van der Waals surface area (Å²) in [6.45, 7) is 0.453. The molecule has 3 aromatic rings. The van der Waals surface area contributed by atoms with Crippen LogP contribution in [0.4, 0.5) is 0 Å². The van der Waals surface area contributed by atoms with Crippen molar-refractivity contribution in [3.63, 3.8) is 0 Å². The van der Waals surface area contributed by atoms with Gasteiger partial charge in [0, 0.05) is 0 Å². The molecule has 1 aromatic heterocycles. The molecule has 21 heavy (non-hydrogen) atoms. The van der Waals surface area contributed by atoms with E-state index in [2.05, 4.69) is 0 Å². The number of sulfonamides is 1. The summed E-state index contributed by atoms with van der Waals surface area (Å²) in [5, 5.41) is 5.11. The van der Waals surface area contributed by atoms with Crippen LogP contribution in [0.2, 0.25) is 0 Å². The van der Waals surface area contributed by atoms with Crippen LogP contribution in [0.3, 0.4) is 0 Å². The van der Waals surface area contributed by atoms with Crippen LogP contribution < -0.4 is 10.0 Å². The second-order valence-electron chi connectivity index (χ2n) is 4.61. The fraction of sp³-hybridized carbons (Fsp3) is 0.0714. The van der Waals surface area contributed by atoms with Crippen LogP contribution in [-0.4, -0.2) is 13.0 Å². The lowest BCUT2D eigenvalue weighted by molar-refractivity contribution is 0.598. The molecule has 0 bridgehead atoms. The van der Waals surface area contributed by atoms with Crippen molar-refractivity contribution >= 4 is 31.6 Å². The van der Waals surface area contributed by atoms with Gasteiger partial charge in [0.15, 0.2) is 0 Å². The Bertz CT molecular complexity index is 957. The number of aromatic nitrogens is 1. The molecule has 0 aliphatic rings. The third-order valence-corrected chi connectivity index (χ3v) is 5.00. The van der Waals surface area contributed by atoms with E-state index in [0.29, 0.717) is 16.8 Å². The molecule has 0 spiro atoms. The molecule has 108 valence electrons. The standard InChI is InChI=1S/C14H12N2O3S2/c15-21(18,19)11-6-7-12-13(8-11)20-14(17)16(12)9-10-4-2-1-3-5-10/h1-8H,9H2,(H2,15,18,19). The highest BCUT2D eigenvalue weighted by Gasteiger charge is 2.13. The highest BCUT2D eigenvalue weighted by molar-refractivity contribution is 7.89. The smallest absolute Gasteiger partial charge is 0.294 e. The van der Waals surface area contributed by atoms with Crippen molar-refractivity contribution in [3.8, 4) is 0 Å². The van der Waals surface area contributed by atoms with Crippen molar-refractivity contribution in [2.45, 2.75) is 11.4 Å². The number of fused-ring (bicyclic) bond motifs is 1. The highest BCUT2D eigenvalue weighted by atomic mass is 32.2. The van der Waals surface area contributed by atoms with E-state index in [0.717, 1.165) is 16.9 Å². The molecular formula is C14H12N2O3S2. The summed E-state index contributed by atoms with van der Waals surface area (Å²) in [6, 6.07) is 14.1. The number of hydrogen-bond donors (Lipinski definition) is 1. The Morgan fingerprint density at radius 3 is 2.48 bits per heavy atom. The number of benzene rings is 2. The molecule has 0 saturated carbocycles. The minimum atomic E-state index is -3.76. The normalized spacial score (nSPS) is 11.9. The number of rotatable bonds is 3. The summed E-state index contributed by atoms with van der Waals surface area (Å²) >= 11 is 1.02. The van der Waals surface area contributed by atoms with Crippen LogP contribution in [0.5, 0.6) is 0 Å². The van der Waals surface area contributed by atoms with Gasteiger partial charge in [-0.3, -0.25) is 9.36 Å². The Balaban J connectivity index is 2.12. The zero-order valence-electron chi connectivity index (χ0n) is 10.9. The van der Waals surface area contributed by atoms with Crippen molar-refractivity contribution in [2.24, 2.45) is 5.14 Å².